The van der Waals surface area contributed by atoms with Crippen molar-refractivity contribution in [2.24, 2.45) is 50.2 Å². The summed E-state index contributed by atoms with van der Waals surface area (Å²) < 4.78 is 48.1. The second-order valence-corrected chi connectivity index (χ2v) is 26.3. The Bertz CT molecular complexity index is 2090. The van der Waals surface area contributed by atoms with Gasteiger partial charge < -0.3 is 104 Å². The first-order valence-electron chi connectivity index (χ1n) is 27.7. The Morgan fingerprint density at radius 2 is 1.09 bits per heavy atom. The van der Waals surface area contributed by atoms with Crippen LogP contribution in [-0.2, 0) is 42.7 Å². The number of carboxylic acid groups (broad SMARTS) is 1. The minimum Gasteiger partial charge on any atom is -0.481 e. The van der Waals surface area contributed by atoms with Gasteiger partial charge in [-0.2, -0.15) is 0 Å². The average molecular weight is 1090 g/mol. The summed E-state index contributed by atoms with van der Waals surface area (Å²) in [7, 11) is 0. The minimum atomic E-state index is -2.02. The van der Waals surface area contributed by atoms with E-state index in [1.165, 1.54) is 12.5 Å². The Labute approximate surface area is 444 Å². The van der Waals surface area contributed by atoms with E-state index >= 15 is 0 Å². The Hall–Kier alpha value is -1.59. The molecule has 0 radical (unpaired) electrons. The predicted molar refractivity (Wildman–Crippen MR) is 262 cm³/mol. The molecule has 0 amide bonds. The summed E-state index contributed by atoms with van der Waals surface area (Å²) in [6.07, 6.45) is -23.6. The number of aliphatic hydroxyl groups is 12. The number of aliphatic carboxylic acids is 1. The van der Waals surface area contributed by atoms with E-state index in [1.807, 2.05) is 0 Å². The predicted octanol–water partition coefficient (Wildman–Crippen LogP) is -0.442. The highest BCUT2D eigenvalue weighted by Gasteiger charge is 2.70. The molecule has 5 aliphatic carbocycles. The maximum atomic E-state index is 13.2. The molecule has 13 N–H and O–H groups in total. The molecule has 9 aliphatic rings. The zero-order valence-electron chi connectivity index (χ0n) is 45.1. The quantitative estimate of drug-likeness (QED) is 0.0870. The third-order valence-corrected chi connectivity index (χ3v) is 21.4. The van der Waals surface area contributed by atoms with Crippen molar-refractivity contribution in [1.82, 2.24) is 0 Å². The van der Waals surface area contributed by atoms with E-state index in [0.29, 0.717) is 25.2 Å². The van der Waals surface area contributed by atoms with Gasteiger partial charge in [-0.05, 0) is 116 Å². The van der Waals surface area contributed by atoms with Crippen molar-refractivity contribution >= 4 is 5.97 Å². The normalized spacial score (nSPS) is 54.0. The fourth-order valence-electron chi connectivity index (χ4n) is 16.6. The van der Waals surface area contributed by atoms with Crippen molar-refractivity contribution in [3.63, 3.8) is 0 Å². The van der Waals surface area contributed by atoms with Crippen LogP contribution in [0.2, 0.25) is 0 Å². The molecular formula is C54H88O22. The zero-order valence-corrected chi connectivity index (χ0v) is 45.1. The first-order valence-corrected chi connectivity index (χ1v) is 27.7. The molecule has 4 saturated heterocycles. The van der Waals surface area contributed by atoms with Crippen LogP contribution in [-0.4, -0.2) is 221 Å². The van der Waals surface area contributed by atoms with Crippen molar-refractivity contribution in [2.45, 2.75) is 249 Å². The van der Waals surface area contributed by atoms with Crippen molar-refractivity contribution < 1.29 is 109 Å². The lowest BCUT2D eigenvalue weighted by molar-refractivity contribution is -0.394. The molecule has 0 aromatic heterocycles. The molecule has 0 spiro atoms. The molecule has 436 valence electrons. The molecule has 4 heterocycles. The molecule has 0 aromatic rings. The molecular weight excluding hydrogens is 1000 g/mol. The van der Waals surface area contributed by atoms with Crippen LogP contribution >= 0.6 is 0 Å². The monoisotopic (exact) mass is 1090 g/mol. The fourth-order valence-corrected chi connectivity index (χ4v) is 16.6. The lowest BCUT2D eigenvalue weighted by atomic mass is 9.33. The molecule has 8 fully saturated rings. The van der Waals surface area contributed by atoms with Crippen molar-refractivity contribution in [1.29, 1.82) is 0 Å². The zero-order chi connectivity index (χ0) is 55.6. The van der Waals surface area contributed by atoms with Crippen LogP contribution in [0.3, 0.4) is 0 Å². The highest BCUT2D eigenvalue weighted by Crippen LogP contribution is 2.76. The molecule has 0 bridgehead atoms. The highest BCUT2D eigenvalue weighted by molar-refractivity contribution is 5.76. The summed E-state index contributed by atoms with van der Waals surface area (Å²) in [5.74, 6) is -0.231. The largest absolute Gasteiger partial charge is 0.481 e. The number of hydrogen-bond acceptors (Lipinski definition) is 21. The van der Waals surface area contributed by atoms with Crippen molar-refractivity contribution in [3.05, 3.63) is 11.6 Å². The molecule has 28 atom stereocenters. The first-order chi connectivity index (χ1) is 35.5. The third-order valence-electron chi connectivity index (χ3n) is 21.4. The van der Waals surface area contributed by atoms with Crippen LogP contribution in [0.1, 0.15) is 120 Å². The molecule has 4 aliphatic heterocycles. The SMILES string of the molecule is C[C@@H]1O[C@@H](O[C@H]2[C@H](O[C@H]3CC[C@]4(C)[C@H]5CC=C6[C@@H]7CC(C)(C)CC[C@]7(C(=O)O)CC[C@@]6(C)[C@]5(C)CC[C@H]4C3(C)C)O[C@H](CO)[C@H](O)[C@@H]2O)[C@H](O)[C@H](O[C@@H]2O[C@H](CO)[C@@H](O[C@@H]3O[C@H](CO)[C@@H](O)[C@H](O)[C@H]3O)[C@H](O)[C@H]2O)[C@H]1O. The van der Waals surface area contributed by atoms with Crippen LogP contribution in [0.5, 0.6) is 0 Å². The summed E-state index contributed by atoms with van der Waals surface area (Å²) in [5, 5.41) is 141. The summed E-state index contributed by atoms with van der Waals surface area (Å²) in [6, 6.07) is 0. The topological polar surface area (TPSA) is 354 Å². The Morgan fingerprint density at radius 3 is 1.72 bits per heavy atom. The smallest absolute Gasteiger partial charge is 0.310 e. The van der Waals surface area contributed by atoms with Gasteiger partial charge in [-0.25, -0.2) is 0 Å². The molecule has 0 aromatic carbocycles. The highest BCUT2D eigenvalue weighted by atomic mass is 16.8. The number of hydrogen-bond donors (Lipinski definition) is 13. The Kier molecular flexibility index (Phi) is 16.6. The van der Waals surface area contributed by atoms with Gasteiger partial charge in [0.05, 0.1) is 37.4 Å². The molecule has 22 nitrogen and oxygen atoms in total. The van der Waals surface area contributed by atoms with Crippen molar-refractivity contribution in [2.75, 3.05) is 19.8 Å². The van der Waals surface area contributed by atoms with Gasteiger partial charge in [0.1, 0.15) is 91.6 Å². The van der Waals surface area contributed by atoms with Gasteiger partial charge in [0.2, 0.25) is 0 Å². The summed E-state index contributed by atoms with van der Waals surface area (Å²) in [5.41, 5.74) is -0.262. The van der Waals surface area contributed by atoms with Gasteiger partial charge in [-0.1, -0.05) is 60.1 Å². The Morgan fingerprint density at radius 1 is 0.553 bits per heavy atom. The van der Waals surface area contributed by atoms with E-state index in [4.69, 9.17) is 37.9 Å². The minimum absolute atomic E-state index is 0.00942. The van der Waals surface area contributed by atoms with Gasteiger partial charge in [0.15, 0.2) is 25.2 Å². The molecule has 9 rings (SSSR count). The van der Waals surface area contributed by atoms with E-state index in [9.17, 15) is 71.2 Å². The van der Waals surface area contributed by atoms with Gasteiger partial charge in [-0.3, -0.25) is 4.79 Å². The number of allylic oxidation sites excluding steroid dienone is 2. The van der Waals surface area contributed by atoms with Gasteiger partial charge in [0, 0.05) is 0 Å². The fraction of sp³-hybridized carbons (Fsp3) is 0.944. The molecule has 0 unspecified atom stereocenters. The maximum Gasteiger partial charge on any atom is 0.310 e. The lowest BCUT2D eigenvalue weighted by Gasteiger charge is -2.71. The van der Waals surface area contributed by atoms with Gasteiger partial charge in [0.25, 0.3) is 0 Å². The number of rotatable bonds is 12. The number of carboxylic acids is 1. The second kappa shape index (κ2) is 21.3. The number of fused-ring (bicyclic) bond motifs is 7. The van der Waals surface area contributed by atoms with E-state index in [-0.39, 0.29) is 33.5 Å². The average Bonchev–Trinajstić information content (AvgIpc) is 3.38. The Balaban J connectivity index is 0.907. The van der Waals surface area contributed by atoms with Crippen LogP contribution in [0.4, 0.5) is 0 Å². The summed E-state index contributed by atoms with van der Waals surface area (Å²) in [6.45, 7) is 15.3. The third kappa shape index (κ3) is 9.47. The van der Waals surface area contributed by atoms with Crippen molar-refractivity contribution in [3.8, 4) is 0 Å². The summed E-state index contributed by atoms with van der Waals surface area (Å²) in [4.78, 5) is 13.2. The van der Waals surface area contributed by atoms with E-state index in [0.717, 1.165) is 44.9 Å². The van der Waals surface area contributed by atoms with Gasteiger partial charge in [-0.15, -0.1) is 0 Å². The van der Waals surface area contributed by atoms with Crippen LogP contribution < -0.4 is 0 Å². The number of aliphatic hydroxyl groups excluding tert-OH is 12. The summed E-state index contributed by atoms with van der Waals surface area (Å²) >= 11 is 0. The molecule has 76 heavy (non-hydrogen) atoms. The second-order valence-electron chi connectivity index (χ2n) is 26.3. The number of carbonyl (C=O) groups is 1. The maximum absolute atomic E-state index is 13.2. The molecule has 4 saturated carbocycles. The van der Waals surface area contributed by atoms with Crippen LogP contribution in [0, 0.1) is 50.2 Å². The van der Waals surface area contributed by atoms with E-state index < -0.39 is 166 Å². The first kappa shape index (κ1) is 59.0. The van der Waals surface area contributed by atoms with Crippen LogP contribution in [0.25, 0.3) is 0 Å². The lowest BCUT2D eigenvalue weighted by Crippen LogP contribution is -2.67. The van der Waals surface area contributed by atoms with Crippen LogP contribution in [0.15, 0.2) is 11.6 Å². The number of ether oxygens (including phenoxy) is 8. The van der Waals surface area contributed by atoms with E-state index in [2.05, 4.69) is 54.5 Å². The standard InChI is InChI=1S/C54H88O22/c1-23-32(58)42(75-45-39(65)37(63)41(28(22-57)72-45)74-44-38(64)35(61)33(59)26(20-55)70-44)40(66)46(69-23)76-43-36(62)34(60)27(21-56)71-47(43)73-31-12-13-51(6)29(50(31,4)5)11-14-53(8)30(51)10-9-24-25-19-49(2,3)15-17-54(25,48(67)68)18-16-52(24,53)7/h9,23,25-47,55-66H,10-22H2,1-8H3,(H,67,68)/t23-,25-,26+,27+,28+,29-,30+,31-,32-,33+,34-,35-,36-,37+,38+,39+,40+,41+,42+,43+,44-,45-,46-,47-,51-,52+,53+,54-/m0/s1. The molecule has 22 heteroatoms. The van der Waals surface area contributed by atoms with E-state index in [1.54, 1.807) is 0 Å². The van der Waals surface area contributed by atoms with Gasteiger partial charge >= 0.3 is 5.97 Å².